The van der Waals surface area contributed by atoms with Gasteiger partial charge >= 0.3 is 0 Å². The first-order chi connectivity index (χ1) is 8.83. The van der Waals surface area contributed by atoms with Crippen LogP contribution in [0.15, 0.2) is 18.2 Å². The minimum atomic E-state index is 0. The molecule has 1 aromatic carbocycles. The van der Waals surface area contributed by atoms with E-state index in [2.05, 4.69) is 17.4 Å². The van der Waals surface area contributed by atoms with Crippen molar-refractivity contribution in [1.82, 2.24) is 5.32 Å². The summed E-state index contributed by atoms with van der Waals surface area (Å²) >= 11 is 0. The molecule has 1 aliphatic rings. The van der Waals surface area contributed by atoms with Crippen LogP contribution in [0.3, 0.4) is 0 Å². The van der Waals surface area contributed by atoms with Crippen LogP contribution in [0.2, 0.25) is 0 Å². The molecule has 1 aromatic rings. The molecular weight excluding hydrogens is 262 g/mol. The van der Waals surface area contributed by atoms with E-state index in [9.17, 15) is 0 Å². The summed E-state index contributed by atoms with van der Waals surface area (Å²) in [5, 5.41) is 3.61. The summed E-state index contributed by atoms with van der Waals surface area (Å²) < 4.78 is 10.9. The molecule has 0 saturated heterocycles. The number of benzene rings is 1. The number of halogens is 1. The van der Waals surface area contributed by atoms with Crippen molar-refractivity contribution in [2.24, 2.45) is 0 Å². The molecule has 0 atom stereocenters. The monoisotopic (exact) mass is 285 g/mol. The first-order valence-corrected chi connectivity index (χ1v) is 6.86. The Morgan fingerprint density at radius 1 is 1.21 bits per heavy atom. The third kappa shape index (κ3) is 4.59. The average Bonchev–Trinajstić information content (AvgIpc) is 2.90. The van der Waals surface area contributed by atoms with E-state index in [1.807, 2.05) is 13.0 Å². The van der Waals surface area contributed by atoms with Crippen molar-refractivity contribution in [3.8, 4) is 11.5 Å². The highest BCUT2D eigenvalue weighted by atomic mass is 35.5. The first-order valence-electron chi connectivity index (χ1n) is 6.86. The molecule has 1 N–H and O–H groups in total. The normalized spacial score (nSPS) is 15.1. The van der Waals surface area contributed by atoms with Gasteiger partial charge in [-0.15, -0.1) is 12.4 Å². The van der Waals surface area contributed by atoms with Crippen molar-refractivity contribution < 1.29 is 9.47 Å². The van der Waals surface area contributed by atoms with Crippen molar-refractivity contribution in [3.63, 3.8) is 0 Å². The molecule has 0 aromatic heterocycles. The number of hydrogen-bond donors (Lipinski definition) is 1. The Balaban J connectivity index is 0.00000180. The van der Waals surface area contributed by atoms with Gasteiger partial charge in [-0.25, -0.2) is 0 Å². The quantitative estimate of drug-likeness (QED) is 0.867. The largest absolute Gasteiger partial charge is 0.493 e. The lowest BCUT2D eigenvalue weighted by Gasteiger charge is -2.14. The van der Waals surface area contributed by atoms with Crippen LogP contribution in [0, 0.1) is 0 Å². The van der Waals surface area contributed by atoms with E-state index in [1.54, 1.807) is 7.11 Å². The van der Waals surface area contributed by atoms with E-state index in [0.29, 0.717) is 12.6 Å². The second-order valence-corrected chi connectivity index (χ2v) is 4.78. The third-order valence-electron chi connectivity index (χ3n) is 3.48. The molecule has 1 aliphatic carbocycles. The molecule has 19 heavy (non-hydrogen) atoms. The van der Waals surface area contributed by atoms with E-state index in [4.69, 9.17) is 9.47 Å². The smallest absolute Gasteiger partial charge is 0.161 e. The van der Waals surface area contributed by atoms with Gasteiger partial charge in [-0.3, -0.25) is 0 Å². The van der Waals surface area contributed by atoms with Crippen molar-refractivity contribution in [3.05, 3.63) is 23.8 Å². The maximum atomic E-state index is 5.59. The molecule has 0 bridgehead atoms. The Morgan fingerprint density at radius 3 is 2.58 bits per heavy atom. The van der Waals surface area contributed by atoms with Crippen molar-refractivity contribution in [1.29, 1.82) is 0 Å². The molecule has 1 fully saturated rings. The van der Waals surface area contributed by atoms with Gasteiger partial charge in [-0.05, 0) is 37.5 Å². The SMILES string of the molecule is CCOc1cc(CNC2CCCC2)ccc1OC.Cl. The highest BCUT2D eigenvalue weighted by Crippen LogP contribution is 2.28. The Morgan fingerprint density at radius 2 is 1.95 bits per heavy atom. The van der Waals surface area contributed by atoms with Gasteiger partial charge in [0, 0.05) is 12.6 Å². The van der Waals surface area contributed by atoms with E-state index >= 15 is 0 Å². The molecule has 0 radical (unpaired) electrons. The summed E-state index contributed by atoms with van der Waals surface area (Å²) in [6.45, 7) is 3.56. The van der Waals surface area contributed by atoms with Crippen LogP contribution < -0.4 is 14.8 Å². The first kappa shape index (κ1) is 16.1. The predicted molar refractivity (Wildman–Crippen MR) is 80.5 cm³/mol. The van der Waals surface area contributed by atoms with Crippen molar-refractivity contribution in [2.45, 2.75) is 45.2 Å². The van der Waals surface area contributed by atoms with Gasteiger partial charge in [-0.2, -0.15) is 0 Å². The summed E-state index contributed by atoms with van der Waals surface area (Å²) in [6, 6.07) is 6.85. The van der Waals surface area contributed by atoms with Crippen LogP contribution in [0.25, 0.3) is 0 Å². The highest BCUT2D eigenvalue weighted by Gasteiger charge is 2.14. The number of ether oxygens (including phenoxy) is 2. The Kier molecular flexibility index (Phi) is 7.03. The molecule has 4 heteroatoms. The van der Waals surface area contributed by atoms with Crippen molar-refractivity contribution in [2.75, 3.05) is 13.7 Å². The van der Waals surface area contributed by atoms with E-state index in [-0.39, 0.29) is 12.4 Å². The Hall–Kier alpha value is -0.930. The second-order valence-electron chi connectivity index (χ2n) is 4.78. The molecule has 3 nitrogen and oxygen atoms in total. The van der Waals surface area contributed by atoms with Gasteiger partial charge < -0.3 is 14.8 Å². The highest BCUT2D eigenvalue weighted by molar-refractivity contribution is 5.85. The van der Waals surface area contributed by atoms with Crippen LogP contribution in [0.4, 0.5) is 0 Å². The summed E-state index contributed by atoms with van der Waals surface area (Å²) in [7, 11) is 1.67. The summed E-state index contributed by atoms with van der Waals surface area (Å²) in [5.41, 5.74) is 1.26. The van der Waals surface area contributed by atoms with Gasteiger partial charge in [0.15, 0.2) is 11.5 Å². The van der Waals surface area contributed by atoms with E-state index in [1.165, 1.54) is 31.2 Å². The van der Waals surface area contributed by atoms with Crippen LogP contribution >= 0.6 is 12.4 Å². The molecule has 2 rings (SSSR count). The second kappa shape index (κ2) is 8.28. The number of methoxy groups -OCH3 is 1. The number of rotatable bonds is 6. The average molecular weight is 286 g/mol. The lowest BCUT2D eigenvalue weighted by Crippen LogP contribution is -2.25. The maximum Gasteiger partial charge on any atom is 0.161 e. The minimum absolute atomic E-state index is 0. The molecule has 0 spiro atoms. The van der Waals surface area contributed by atoms with Gasteiger partial charge in [0.05, 0.1) is 13.7 Å². The topological polar surface area (TPSA) is 30.5 Å². The van der Waals surface area contributed by atoms with Crippen LogP contribution in [0.1, 0.15) is 38.2 Å². The van der Waals surface area contributed by atoms with Gasteiger partial charge in [0.1, 0.15) is 0 Å². The third-order valence-corrected chi connectivity index (χ3v) is 3.48. The zero-order chi connectivity index (χ0) is 12.8. The van der Waals surface area contributed by atoms with Crippen LogP contribution in [-0.2, 0) is 6.54 Å². The fourth-order valence-corrected chi connectivity index (χ4v) is 2.49. The predicted octanol–water partition coefficient (Wildman–Crippen LogP) is 3.55. The zero-order valence-corrected chi connectivity index (χ0v) is 12.6. The molecule has 108 valence electrons. The van der Waals surface area contributed by atoms with Crippen LogP contribution in [-0.4, -0.2) is 19.8 Å². The standard InChI is InChI=1S/C15H23NO2.ClH/c1-3-18-15-10-12(8-9-14(15)17-2)11-16-13-6-4-5-7-13;/h8-10,13,16H,3-7,11H2,1-2H3;1H. The van der Waals surface area contributed by atoms with Gasteiger partial charge in [0.2, 0.25) is 0 Å². The maximum absolute atomic E-state index is 5.59. The van der Waals surface area contributed by atoms with Gasteiger partial charge in [-0.1, -0.05) is 18.9 Å². The summed E-state index contributed by atoms with van der Waals surface area (Å²) in [6.07, 6.45) is 5.36. The lowest BCUT2D eigenvalue weighted by atomic mass is 10.1. The number of nitrogens with one attached hydrogen (secondary N) is 1. The van der Waals surface area contributed by atoms with Gasteiger partial charge in [0.25, 0.3) is 0 Å². The Bertz CT molecular complexity index is 378. The van der Waals surface area contributed by atoms with Crippen molar-refractivity contribution >= 4 is 12.4 Å². The molecule has 0 aliphatic heterocycles. The minimum Gasteiger partial charge on any atom is -0.493 e. The summed E-state index contributed by atoms with van der Waals surface area (Å²) in [5.74, 6) is 1.65. The molecule has 0 amide bonds. The fourth-order valence-electron chi connectivity index (χ4n) is 2.49. The zero-order valence-electron chi connectivity index (χ0n) is 11.8. The molecule has 0 unspecified atom stereocenters. The lowest BCUT2D eigenvalue weighted by molar-refractivity contribution is 0.310. The van der Waals surface area contributed by atoms with E-state index in [0.717, 1.165) is 18.0 Å². The fraction of sp³-hybridized carbons (Fsp3) is 0.600. The van der Waals surface area contributed by atoms with E-state index < -0.39 is 0 Å². The molecule has 1 saturated carbocycles. The Labute approximate surface area is 122 Å². The number of hydrogen-bond acceptors (Lipinski definition) is 3. The molecular formula is C15H24ClNO2. The summed E-state index contributed by atoms with van der Waals surface area (Å²) in [4.78, 5) is 0. The van der Waals surface area contributed by atoms with Crippen LogP contribution in [0.5, 0.6) is 11.5 Å². The molecule has 0 heterocycles.